The zero-order chi connectivity index (χ0) is 18.1. The SMILES string of the molecule is CCc1cc2c(SCc3cc([N+](=O)[O-])cc4c3OCOC4)ncnc2s1. The van der Waals surface area contributed by atoms with Crippen LogP contribution in [0.4, 0.5) is 5.69 Å². The van der Waals surface area contributed by atoms with Crippen LogP contribution in [0.3, 0.4) is 0 Å². The molecule has 0 saturated carbocycles. The molecule has 4 rings (SSSR count). The van der Waals surface area contributed by atoms with Gasteiger partial charge in [-0.1, -0.05) is 6.92 Å². The molecule has 7 nitrogen and oxygen atoms in total. The van der Waals surface area contributed by atoms with Crippen molar-refractivity contribution >= 4 is 39.0 Å². The van der Waals surface area contributed by atoms with E-state index in [1.165, 1.54) is 22.7 Å². The second-order valence-electron chi connectivity index (χ2n) is 5.71. The van der Waals surface area contributed by atoms with Crippen molar-refractivity contribution in [2.24, 2.45) is 0 Å². The predicted octanol–water partition coefficient (Wildman–Crippen LogP) is 4.32. The second-order valence-corrected chi connectivity index (χ2v) is 7.79. The number of nitro benzene ring substituents is 1. The van der Waals surface area contributed by atoms with Crippen LogP contribution in [0.2, 0.25) is 0 Å². The summed E-state index contributed by atoms with van der Waals surface area (Å²) >= 11 is 3.20. The van der Waals surface area contributed by atoms with Crippen LogP contribution in [0.1, 0.15) is 22.9 Å². The molecule has 1 aliphatic rings. The number of benzene rings is 1. The number of thioether (sulfide) groups is 1. The lowest BCUT2D eigenvalue weighted by Gasteiger charge is -2.20. The predicted molar refractivity (Wildman–Crippen MR) is 99.7 cm³/mol. The van der Waals surface area contributed by atoms with Gasteiger partial charge in [-0.25, -0.2) is 9.97 Å². The fourth-order valence-electron chi connectivity index (χ4n) is 2.81. The summed E-state index contributed by atoms with van der Waals surface area (Å²) in [6.07, 6.45) is 2.52. The molecule has 0 radical (unpaired) electrons. The molecule has 0 spiro atoms. The molecular formula is C17H15N3O4S2. The number of hydrogen-bond acceptors (Lipinski definition) is 8. The molecule has 0 atom stereocenters. The van der Waals surface area contributed by atoms with E-state index in [4.69, 9.17) is 9.47 Å². The minimum Gasteiger partial charge on any atom is -0.467 e. The molecule has 9 heteroatoms. The number of non-ortho nitro benzene ring substituents is 1. The van der Waals surface area contributed by atoms with Gasteiger partial charge in [0, 0.05) is 39.3 Å². The first-order valence-corrected chi connectivity index (χ1v) is 9.83. The lowest BCUT2D eigenvalue weighted by molar-refractivity contribution is -0.385. The quantitative estimate of drug-likeness (QED) is 0.278. The highest BCUT2D eigenvalue weighted by molar-refractivity contribution is 7.98. The number of aromatic nitrogens is 2. The van der Waals surface area contributed by atoms with Crippen molar-refractivity contribution in [3.8, 4) is 5.75 Å². The number of thiophene rings is 1. The maximum Gasteiger partial charge on any atom is 0.270 e. The molecule has 3 aromatic rings. The van der Waals surface area contributed by atoms with Gasteiger partial charge in [0.15, 0.2) is 6.79 Å². The van der Waals surface area contributed by atoms with E-state index in [0.717, 1.165) is 27.2 Å². The first kappa shape index (κ1) is 17.2. The van der Waals surface area contributed by atoms with Gasteiger partial charge in [-0.15, -0.1) is 23.1 Å². The molecule has 134 valence electrons. The summed E-state index contributed by atoms with van der Waals surface area (Å²) < 4.78 is 10.8. The Morgan fingerprint density at radius 1 is 1.35 bits per heavy atom. The van der Waals surface area contributed by atoms with Gasteiger partial charge in [-0.05, 0) is 12.5 Å². The van der Waals surface area contributed by atoms with Crippen molar-refractivity contribution in [1.29, 1.82) is 0 Å². The molecule has 0 fully saturated rings. The summed E-state index contributed by atoms with van der Waals surface area (Å²) in [6, 6.07) is 5.20. The van der Waals surface area contributed by atoms with Crippen LogP contribution in [-0.2, 0) is 23.5 Å². The molecule has 0 amide bonds. The summed E-state index contributed by atoms with van der Waals surface area (Å²) in [7, 11) is 0. The smallest absolute Gasteiger partial charge is 0.270 e. The average Bonchev–Trinajstić information content (AvgIpc) is 3.09. The number of nitro groups is 1. The number of aryl methyl sites for hydroxylation is 1. The molecule has 0 aliphatic carbocycles. The third-order valence-electron chi connectivity index (χ3n) is 4.04. The molecule has 0 N–H and O–H groups in total. The van der Waals surface area contributed by atoms with Gasteiger partial charge in [0.2, 0.25) is 0 Å². The van der Waals surface area contributed by atoms with Crippen molar-refractivity contribution in [2.45, 2.75) is 30.7 Å². The summed E-state index contributed by atoms with van der Waals surface area (Å²) in [4.78, 5) is 21.8. The van der Waals surface area contributed by atoms with Crippen LogP contribution in [0.5, 0.6) is 5.75 Å². The van der Waals surface area contributed by atoms with E-state index in [2.05, 4.69) is 23.0 Å². The minimum atomic E-state index is -0.391. The second kappa shape index (κ2) is 7.18. The van der Waals surface area contributed by atoms with E-state index in [0.29, 0.717) is 23.7 Å². The number of fused-ring (bicyclic) bond motifs is 2. The minimum absolute atomic E-state index is 0.0464. The molecule has 1 aromatic carbocycles. The molecule has 0 unspecified atom stereocenters. The van der Waals surface area contributed by atoms with Crippen molar-refractivity contribution < 1.29 is 14.4 Å². The Balaban J connectivity index is 1.67. The monoisotopic (exact) mass is 389 g/mol. The Labute approximate surface area is 157 Å². The van der Waals surface area contributed by atoms with Crippen LogP contribution >= 0.6 is 23.1 Å². The normalized spacial score (nSPS) is 13.4. The Hall–Kier alpha value is -2.23. The third kappa shape index (κ3) is 3.25. The fraction of sp³-hybridized carbons (Fsp3) is 0.294. The van der Waals surface area contributed by atoms with Gasteiger partial charge in [-0.3, -0.25) is 10.1 Å². The van der Waals surface area contributed by atoms with Gasteiger partial charge in [0.05, 0.1) is 11.5 Å². The van der Waals surface area contributed by atoms with Crippen LogP contribution in [0.15, 0.2) is 29.6 Å². The summed E-state index contributed by atoms with van der Waals surface area (Å²) in [6.45, 7) is 2.58. The number of rotatable bonds is 5. The van der Waals surface area contributed by atoms with E-state index in [1.807, 2.05) is 0 Å². The Morgan fingerprint density at radius 2 is 2.23 bits per heavy atom. The van der Waals surface area contributed by atoms with Crippen LogP contribution < -0.4 is 4.74 Å². The van der Waals surface area contributed by atoms with Crippen molar-refractivity contribution in [2.75, 3.05) is 6.79 Å². The maximum absolute atomic E-state index is 11.2. The average molecular weight is 389 g/mol. The lowest BCUT2D eigenvalue weighted by Crippen LogP contribution is -2.13. The molecule has 2 aromatic heterocycles. The summed E-state index contributed by atoms with van der Waals surface area (Å²) in [5, 5.41) is 13.1. The van der Waals surface area contributed by atoms with Crippen molar-refractivity contribution in [3.63, 3.8) is 0 Å². The van der Waals surface area contributed by atoms with Gasteiger partial charge in [0.1, 0.15) is 21.9 Å². The number of ether oxygens (including phenoxy) is 2. The standard InChI is InChI=1S/C17H15N3O4S2/c1-2-13-5-14-16(18-8-19-17(14)26-13)25-7-11-4-12(20(21)22)3-10-6-23-9-24-15(10)11/h3-5,8H,2,6-7,9H2,1H3. The highest BCUT2D eigenvalue weighted by Crippen LogP contribution is 2.38. The maximum atomic E-state index is 11.2. The summed E-state index contributed by atoms with van der Waals surface area (Å²) in [5.41, 5.74) is 1.53. The number of nitrogens with zero attached hydrogens (tertiary/aromatic N) is 3. The summed E-state index contributed by atoms with van der Waals surface area (Å²) in [5.74, 6) is 1.20. The van der Waals surface area contributed by atoms with Gasteiger partial charge >= 0.3 is 0 Å². The van der Waals surface area contributed by atoms with Gasteiger partial charge in [-0.2, -0.15) is 0 Å². The Kier molecular flexibility index (Phi) is 4.75. The zero-order valence-corrected chi connectivity index (χ0v) is 15.6. The molecule has 1 aliphatic heterocycles. The molecular weight excluding hydrogens is 374 g/mol. The Morgan fingerprint density at radius 3 is 3.04 bits per heavy atom. The van der Waals surface area contributed by atoms with Crippen LogP contribution in [0.25, 0.3) is 10.2 Å². The fourth-order valence-corrected chi connectivity index (χ4v) is 4.75. The van der Waals surface area contributed by atoms with E-state index in [1.54, 1.807) is 23.7 Å². The first-order valence-electron chi connectivity index (χ1n) is 8.02. The molecule has 3 heterocycles. The van der Waals surface area contributed by atoms with Gasteiger partial charge < -0.3 is 9.47 Å². The van der Waals surface area contributed by atoms with E-state index < -0.39 is 4.92 Å². The molecule has 0 saturated heterocycles. The van der Waals surface area contributed by atoms with Crippen molar-refractivity contribution in [1.82, 2.24) is 9.97 Å². The van der Waals surface area contributed by atoms with E-state index in [-0.39, 0.29) is 12.5 Å². The van der Waals surface area contributed by atoms with Crippen molar-refractivity contribution in [3.05, 3.63) is 50.6 Å². The zero-order valence-electron chi connectivity index (χ0n) is 13.9. The molecule has 0 bridgehead atoms. The third-order valence-corrected chi connectivity index (χ3v) is 6.28. The van der Waals surface area contributed by atoms with E-state index in [9.17, 15) is 10.1 Å². The van der Waals surface area contributed by atoms with E-state index >= 15 is 0 Å². The van der Waals surface area contributed by atoms with Crippen LogP contribution in [-0.4, -0.2) is 21.7 Å². The highest BCUT2D eigenvalue weighted by atomic mass is 32.2. The number of hydrogen-bond donors (Lipinski definition) is 0. The topological polar surface area (TPSA) is 87.4 Å². The first-order chi connectivity index (χ1) is 12.7. The van der Waals surface area contributed by atoms with Gasteiger partial charge in [0.25, 0.3) is 5.69 Å². The highest BCUT2D eigenvalue weighted by Gasteiger charge is 2.21. The Bertz CT molecular complexity index is 990. The molecule has 26 heavy (non-hydrogen) atoms. The van der Waals surface area contributed by atoms with Crippen LogP contribution in [0, 0.1) is 10.1 Å². The largest absolute Gasteiger partial charge is 0.467 e. The lowest BCUT2D eigenvalue weighted by atomic mass is 10.1.